The summed E-state index contributed by atoms with van der Waals surface area (Å²) in [6.45, 7) is 5.50. The number of carbonyl (C=O) groups excluding carboxylic acids is 1. The molecule has 0 aliphatic heterocycles. The van der Waals surface area contributed by atoms with Crippen LogP contribution in [0.1, 0.15) is 20.8 Å². The van der Waals surface area contributed by atoms with Crippen molar-refractivity contribution in [1.29, 1.82) is 0 Å². The largest absolute Gasteiger partial charge is 0.493 e. The Morgan fingerprint density at radius 2 is 1.77 bits per heavy atom. The van der Waals surface area contributed by atoms with Crippen molar-refractivity contribution in [3.8, 4) is 22.8 Å². The van der Waals surface area contributed by atoms with Crippen LogP contribution in [0.15, 0.2) is 36.5 Å². The fourth-order valence-corrected chi connectivity index (χ4v) is 2.16. The van der Waals surface area contributed by atoms with Crippen LogP contribution in [-0.2, 0) is 4.74 Å². The van der Waals surface area contributed by atoms with Crippen molar-refractivity contribution in [3.63, 3.8) is 0 Å². The number of hydrogen-bond acceptors (Lipinski definition) is 4. The highest BCUT2D eigenvalue weighted by molar-refractivity contribution is 5.81. The first-order valence-electron chi connectivity index (χ1n) is 6.99. The van der Waals surface area contributed by atoms with Gasteiger partial charge in [-0.3, -0.25) is 4.57 Å². The summed E-state index contributed by atoms with van der Waals surface area (Å²) in [6, 6.07) is 9.16. The van der Waals surface area contributed by atoms with Gasteiger partial charge in [-0.05, 0) is 45.0 Å². The molecule has 0 aliphatic carbocycles. The topological polar surface area (TPSA) is 49.7 Å². The maximum absolute atomic E-state index is 12.3. The van der Waals surface area contributed by atoms with Crippen LogP contribution in [0.5, 0.6) is 11.5 Å². The van der Waals surface area contributed by atoms with Crippen molar-refractivity contribution in [2.24, 2.45) is 0 Å². The Hall–Kier alpha value is -2.43. The fourth-order valence-electron chi connectivity index (χ4n) is 2.16. The molecule has 5 nitrogen and oxygen atoms in total. The van der Waals surface area contributed by atoms with Crippen LogP contribution in [0.25, 0.3) is 11.3 Å². The third kappa shape index (κ3) is 3.24. The number of ether oxygens (including phenoxy) is 3. The predicted molar refractivity (Wildman–Crippen MR) is 84.6 cm³/mol. The van der Waals surface area contributed by atoms with Gasteiger partial charge in [0, 0.05) is 11.8 Å². The van der Waals surface area contributed by atoms with E-state index in [4.69, 9.17) is 14.2 Å². The van der Waals surface area contributed by atoms with Crippen LogP contribution >= 0.6 is 0 Å². The van der Waals surface area contributed by atoms with Gasteiger partial charge in [0.25, 0.3) is 0 Å². The van der Waals surface area contributed by atoms with Gasteiger partial charge in [0.2, 0.25) is 0 Å². The molecule has 2 aromatic rings. The van der Waals surface area contributed by atoms with E-state index in [1.54, 1.807) is 26.5 Å². The van der Waals surface area contributed by atoms with Crippen LogP contribution in [-0.4, -0.2) is 30.5 Å². The minimum atomic E-state index is -0.558. The lowest BCUT2D eigenvalue weighted by molar-refractivity contribution is 0.0540. The van der Waals surface area contributed by atoms with Crippen LogP contribution in [0.3, 0.4) is 0 Å². The Bertz CT molecular complexity index is 668. The van der Waals surface area contributed by atoms with Crippen LogP contribution in [0.4, 0.5) is 4.79 Å². The summed E-state index contributed by atoms with van der Waals surface area (Å²) in [5.74, 6) is 1.19. The molecule has 0 saturated heterocycles. The lowest BCUT2D eigenvalue weighted by Gasteiger charge is -2.21. The van der Waals surface area contributed by atoms with Crippen molar-refractivity contribution in [3.05, 3.63) is 36.5 Å². The van der Waals surface area contributed by atoms with E-state index < -0.39 is 11.7 Å². The second kappa shape index (κ2) is 6.13. The minimum absolute atomic E-state index is 0.433. The molecule has 0 unspecified atom stereocenters. The molecule has 0 atom stereocenters. The van der Waals surface area contributed by atoms with E-state index >= 15 is 0 Å². The zero-order chi connectivity index (χ0) is 16.3. The third-order valence-corrected chi connectivity index (χ3v) is 3.02. The quantitative estimate of drug-likeness (QED) is 0.861. The molecule has 22 heavy (non-hydrogen) atoms. The number of hydrogen-bond donors (Lipinski definition) is 0. The van der Waals surface area contributed by atoms with Crippen molar-refractivity contribution in [2.75, 3.05) is 14.2 Å². The Labute approximate surface area is 130 Å². The minimum Gasteiger partial charge on any atom is -0.493 e. The molecule has 0 fully saturated rings. The number of para-hydroxylation sites is 1. The predicted octanol–water partition coefficient (Wildman–Crippen LogP) is 3.96. The first-order valence-corrected chi connectivity index (χ1v) is 6.99. The molecule has 0 N–H and O–H groups in total. The van der Waals surface area contributed by atoms with Gasteiger partial charge in [-0.2, -0.15) is 0 Å². The highest BCUT2D eigenvalue weighted by Crippen LogP contribution is 2.38. The number of benzene rings is 1. The lowest BCUT2D eigenvalue weighted by atomic mass is 10.1. The van der Waals surface area contributed by atoms with E-state index in [0.717, 1.165) is 5.56 Å². The number of rotatable bonds is 3. The average molecular weight is 303 g/mol. The summed E-state index contributed by atoms with van der Waals surface area (Å²) in [5.41, 5.74) is 0.889. The summed E-state index contributed by atoms with van der Waals surface area (Å²) >= 11 is 0. The number of aromatic nitrogens is 1. The summed E-state index contributed by atoms with van der Waals surface area (Å²) in [4.78, 5) is 12.3. The maximum Gasteiger partial charge on any atom is 0.418 e. The third-order valence-electron chi connectivity index (χ3n) is 3.02. The van der Waals surface area contributed by atoms with E-state index in [1.807, 2.05) is 45.0 Å². The fraction of sp³-hybridized carbons (Fsp3) is 0.353. The van der Waals surface area contributed by atoms with Gasteiger partial charge in [-0.1, -0.05) is 6.07 Å². The van der Waals surface area contributed by atoms with Crippen molar-refractivity contribution in [2.45, 2.75) is 26.4 Å². The van der Waals surface area contributed by atoms with Crippen molar-refractivity contribution >= 4 is 6.09 Å². The van der Waals surface area contributed by atoms with Crippen LogP contribution in [0.2, 0.25) is 0 Å². The summed E-state index contributed by atoms with van der Waals surface area (Å²) in [5, 5.41) is 0. The average Bonchev–Trinajstić information content (AvgIpc) is 2.93. The Morgan fingerprint density at radius 1 is 1.05 bits per heavy atom. The molecule has 1 aromatic carbocycles. The molecule has 5 heteroatoms. The van der Waals surface area contributed by atoms with E-state index in [1.165, 1.54) is 4.57 Å². The standard InChI is InChI=1S/C17H21NO4/c1-17(2,3)22-16(19)18-11-7-9-13(18)12-8-6-10-14(20-4)15(12)21-5/h6-11H,1-5H3. The molecule has 1 aromatic heterocycles. The van der Waals surface area contributed by atoms with Crippen LogP contribution < -0.4 is 9.47 Å². The summed E-state index contributed by atoms with van der Waals surface area (Å²) in [6.07, 6.45) is 1.24. The Morgan fingerprint density at radius 3 is 2.36 bits per heavy atom. The molecule has 0 amide bonds. The molecule has 1 heterocycles. The van der Waals surface area contributed by atoms with E-state index in [-0.39, 0.29) is 0 Å². The molecule has 118 valence electrons. The van der Waals surface area contributed by atoms with Gasteiger partial charge in [0.1, 0.15) is 5.60 Å². The summed E-state index contributed by atoms with van der Waals surface area (Å²) in [7, 11) is 3.15. The normalized spacial score (nSPS) is 11.1. The smallest absolute Gasteiger partial charge is 0.418 e. The Balaban J connectivity index is 2.48. The van der Waals surface area contributed by atoms with Gasteiger partial charge in [-0.25, -0.2) is 4.79 Å². The highest BCUT2D eigenvalue weighted by Gasteiger charge is 2.21. The number of methoxy groups -OCH3 is 2. The molecule has 0 bridgehead atoms. The van der Waals surface area contributed by atoms with Crippen LogP contribution in [0, 0.1) is 0 Å². The van der Waals surface area contributed by atoms with Gasteiger partial charge in [-0.15, -0.1) is 0 Å². The van der Waals surface area contributed by atoms with E-state index in [9.17, 15) is 4.79 Å². The summed E-state index contributed by atoms with van der Waals surface area (Å²) < 4.78 is 17.6. The molecule has 2 rings (SSSR count). The molecule has 0 radical (unpaired) electrons. The molecule has 0 saturated carbocycles. The SMILES string of the molecule is COc1cccc(-c2cccn2C(=O)OC(C)(C)C)c1OC. The lowest BCUT2D eigenvalue weighted by Crippen LogP contribution is -2.27. The zero-order valence-corrected chi connectivity index (χ0v) is 13.5. The van der Waals surface area contributed by atoms with Gasteiger partial charge in [0.05, 0.1) is 19.9 Å². The second-order valence-electron chi connectivity index (χ2n) is 5.78. The molecular weight excluding hydrogens is 282 g/mol. The van der Waals surface area contributed by atoms with Gasteiger partial charge in [0.15, 0.2) is 11.5 Å². The highest BCUT2D eigenvalue weighted by atomic mass is 16.6. The second-order valence-corrected chi connectivity index (χ2v) is 5.78. The first-order chi connectivity index (χ1) is 10.4. The van der Waals surface area contributed by atoms with Gasteiger partial charge >= 0.3 is 6.09 Å². The zero-order valence-electron chi connectivity index (χ0n) is 13.5. The first kappa shape index (κ1) is 15.9. The molecule has 0 spiro atoms. The molecular formula is C17H21NO4. The maximum atomic E-state index is 12.3. The van der Waals surface area contributed by atoms with Crippen molar-refractivity contribution < 1.29 is 19.0 Å². The monoisotopic (exact) mass is 303 g/mol. The Kier molecular flexibility index (Phi) is 4.45. The van der Waals surface area contributed by atoms with Crippen molar-refractivity contribution in [1.82, 2.24) is 4.57 Å². The van der Waals surface area contributed by atoms with Gasteiger partial charge < -0.3 is 14.2 Å². The molecule has 0 aliphatic rings. The van der Waals surface area contributed by atoms with E-state index in [2.05, 4.69) is 0 Å². The number of carbonyl (C=O) groups is 1. The number of nitrogens with zero attached hydrogens (tertiary/aromatic N) is 1. The van der Waals surface area contributed by atoms with E-state index in [0.29, 0.717) is 17.2 Å².